The standard InChI is InChI=1S/C24H28N6O4S/c1-18-4-2-5-19(16-18)30-23(29-11-14-33-15-12-29)25-26-24(30)35-17-21(31)27-7-9-28(10-8-27)22(32)20-6-3-13-34-20/h2-6,13,16H,7-12,14-15,17H2,1H3. The third kappa shape index (κ3) is 5.20. The minimum absolute atomic E-state index is 0.0202. The van der Waals surface area contributed by atoms with E-state index in [0.29, 0.717) is 50.3 Å². The molecule has 2 saturated heterocycles. The van der Waals surface area contributed by atoms with E-state index in [1.54, 1.807) is 21.9 Å². The Morgan fingerprint density at radius 2 is 1.74 bits per heavy atom. The minimum atomic E-state index is -0.140. The van der Waals surface area contributed by atoms with Crippen molar-refractivity contribution in [1.29, 1.82) is 0 Å². The second-order valence-corrected chi connectivity index (χ2v) is 9.44. The van der Waals surface area contributed by atoms with Crippen LogP contribution in [0.4, 0.5) is 5.95 Å². The van der Waals surface area contributed by atoms with E-state index >= 15 is 0 Å². The molecule has 2 amide bonds. The number of hydrogen-bond acceptors (Lipinski definition) is 8. The molecule has 0 atom stereocenters. The predicted octanol–water partition coefficient (Wildman–Crippen LogP) is 2.08. The summed E-state index contributed by atoms with van der Waals surface area (Å²) >= 11 is 1.38. The lowest BCUT2D eigenvalue weighted by molar-refractivity contribution is -0.129. The molecule has 0 spiro atoms. The number of nitrogens with zero attached hydrogens (tertiary/aromatic N) is 6. The molecule has 2 fully saturated rings. The van der Waals surface area contributed by atoms with Crippen LogP contribution in [0.3, 0.4) is 0 Å². The van der Waals surface area contributed by atoms with Gasteiger partial charge < -0.3 is 23.9 Å². The van der Waals surface area contributed by atoms with Gasteiger partial charge in [-0.2, -0.15) is 0 Å². The van der Waals surface area contributed by atoms with Crippen molar-refractivity contribution in [3.05, 3.63) is 54.0 Å². The zero-order chi connectivity index (χ0) is 24.2. The minimum Gasteiger partial charge on any atom is -0.459 e. The number of ether oxygens (including phenoxy) is 1. The molecule has 0 radical (unpaired) electrons. The monoisotopic (exact) mass is 496 g/mol. The summed E-state index contributed by atoms with van der Waals surface area (Å²) in [6.07, 6.45) is 1.49. The van der Waals surface area contributed by atoms with Crippen molar-refractivity contribution in [2.24, 2.45) is 0 Å². The molecule has 3 aromatic rings. The maximum absolute atomic E-state index is 13.0. The number of furan rings is 1. The molecule has 0 bridgehead atoms. The van der Waals surface area contributed by atoms with Gasteiger partial charge in [-0.05, 0) is 36.8 Å². The molecule has 4 heterocycles. The van der Waals surface area contributed by atoms with Crippen molar-refractivity contribution >= 4 is 29.5 Å². The summed E-state index contributed by atoms with van der Waals surface area (Å²) < 4.78 is 12.7. The molecule has 1 aromatic carbocycles. The summed E-state index contributed by atoms with van der Waals surface area (Å²) in [7, 11) is 0. The highest BCUT2D eigenvalue weighted by Crippen LogP contribution is 2.28. The van der Waals surface area contributed by atoms with Gasteiger partial charge in [-0.25, -0.2) is 0 Å². The largest absolute Gasteiger partial charge is 0.459 e. The summed E-state index contributed by atoms with van der Waals surface area (Å²) in [6, 6.07) is 11.5. The lowest BCUT2D eigenvalue weighted by Crippen LogP contribution is -2.51. The van der Waals surface area contributed by atoms with Crippen LogP contribution in [0, 0.1) is 6.92 Å². The van der Waals surface area contributed by atoms with Crippen molar-refractivity contribution < 1.29 is 18.7 Å². The average Bonchev–Trinajstić information content (AvgIpc) is 3.58. The normalized spacial score (nSPS) is 16.5. The molecular weight excluding hydrogens is 468 g/mol. The first-order valence-electron chi connectivity index (χ1n) is 11.7. The third-order valence-electron chi connectivity index (χ3n) is 6.15. The number of rotatable bonds is 6. The molecular formula is C24H28N6O4S. The number of anilines is 1. The zero-order valence-corrected chi connectivity index (χ0v) is 20.4. The van der Waals surface area contributed by atoms with Crippen LogP contribution in [0.1, 0.15) is 16.1 Å². The van der Waals surface area contributed by atoms with Gasteiger partial charge in [0.25, 0.3) is 5.91 Å². The second kappa shape index (κ2) is 10.5. The van der Waals surface area contributed by atoms with Gasteiger partial charge in [-0.1, -0.05) is 23.9 Å². The highest BCUT2D eigenvalue weighted by molar-refractivity contribution is 7.99. The number of amides is 2. The molecule has 0 N–H and O–H groups in total. The van der Waals surface area contributed by atoms with E-state index in [4.69, 9.17) is 9.15 Å². The number of piperazine rings is 1. The molecule has 184 valence electrons. The van der Waals surface area contributed by atoms with Crippen LogP contribution >= 0.6 is 11.8 Å². The number of carbonyl (C=O) groups excluding carboxylic acids is 2. The van der Waals surface area contributed by atoms with Crippen LogP contribution in [0.15, 0.2) is 52.2 Å². The highest BCUT2D eigenvalue weighted by Gasteiger charge is 2.27. The second-order valence-electron chi connectivity index (χ2n) is 8.50. The molecule has 2 aliphatic heterocycles. The zero-order valence-electron chi connectivity index (χ0n) is 19.6. The Hall–Kier alpha value is -3.31. The highest BCUT2D eigenvalue weighted by atomic mass is 32.2. The summed E-state index contributed by atoms with van der Waals surface area (Å²) in [4.78, 5) is 31.1. The summed E-state index contributed by atoms with van der Waals surface area (Å²) in [6.45, 7) is 6.79. The van der Waals surface area contributed by atoms with Gasteiger partial charge in [0.05, 0.1) is 30.9 Å². The molecule has 11 heteroatoms. The van der Waals surface area contributed by atoms with Crippen LogP contribution in [-0.4, -0.2) is 94.6 Å². The topological polar surface area (TPSA) is 96.9 Å². The van der Waals surface area contributed by atoms with E-state index in [1.807, 2.05) is 16.7 Å². The Balaban J connectivity index is 1.25. The summed E-state index contributed by atoms with van der Waals surface area (Å²) in [5, 5.41) is 9.59. The Kier molecular flexibility index (Phi) is 7.05. The number of carbonyl (C=O) groups is 2. The number of morpholine rings is 1. The van der Waals surface area contributed by atoms with Gasteiger partial charge in [-0.15, -0.1) is 10.2 Å². The first-order chi connectivity index (χ1) is 17.1. The predicted molar refractivity (Wildman–Crippen MR) is 131 cm³/mol. The Morgan fingerprint density at radius 1 is 0.971 bits per heavy atom. The molecule has 2 aliphatic rings. The van der Waals surface area contributed by atoms with Gasteiger partial charge in [0.1, 0.15) is 0 Å². The summed E-state index contributed by atoms with van der Waals surface area (Å²) in [5.41, 5.74) is 2.11. The van der Waals surface area contributed by atoms with E-state index in [-0.39, 0.29) is 17.6 Å². The van der Waals surface area contributed by atoms with Crippen molar-refractivity contribution in [2.75, 3.05) is 63.1 Å². The van der Waals surface area contributed by atoms with Gasteiger partial charge in [0.15, 0.2) is 10.9 Å². The maximum atomic E-state index is 13.0. The lowest BCUT2D eigenvalue weighted by Gasteiger charge is -2.34. The SMILES string of the molecule is Cc1cccc(-n2c(SCC(=O)N3CCN(C(=O)c4ccco4)CC3)nnc2N2CCOCC2)c1. The van der Waals surface area contributed by atoms with Gasteiger partial charge in [0.2, 0.25) is 11.9 Å². The van der Waals surface area contributed by atoms with Crippen LogP contribution in [-0.2, 0) is 9.53 Å². The van der Waals surface area contributed by atoms with E-state index in [2.05, 4.69) is 34.2 Å². The molecule has 0 aliphatic carbocycles. The molecule has 0 saturated carbocycles. The van der Waals surface area contributed by atoms with Crippen molar-refractivity contribution in [1.82, 2.24) is 24.6 Å². The van der Waals surface area contributed by atoms with E-state index in [9.17, 15) is 9.59 Å². The molecule has 35 heavy (non-hydrogen) atoms. The Bertz CT molecular complexity index is 1170. The molecule has 0 unspecified atom stereocenters. The molecule has 5 rings (SSSR count). The Morgan fingerprint density at radius 3 is 2.46 bits per heavy atom. The fourth-order valence-corrected chi connectivity index (χ4v) is 5.10. The first-order valence-corrected chi connectivity index (χ1v) is 12.7. The number of hydrogen-bond donors (Lipinski definition) is 0. The van der Waals surface area contributed by atoms with Crippen molar-refractivity contribution in [3.63, 3.8) is 0 Å². The van der Waals surface area contributed by atoms with E-state index < -0.39 is 0 Å². The van der Waals surface area contributed by atoms with Crippen molar-refractivity contribution in [3.8, 4) is 5.69 Å². The smallest absolute Gasteiger partial charge is 0.289 e. The van der Waals surface area contributed by atoms with Crippen LogP contribution in [0.25, 0.3) is 5.69 Å². The number of aryl methyl sites for hydroxylation is 1. The lowest BCUT2D eigenvalue weighted by atomic mass is 10.2. The van der Waals surface area contributed by atoms with Crippen LogP contribution < -0.4 is 4.90 Å². The third-order valence-corrected chi connectivity index (χ3v) is 7.06. The summed E-state index contributed by atoms with van der Waals surface area (Å²) in [5.74, 6) is 1.22. The quantitative estimate of drug-likeness (QED) is 0.479. The maximum Gasteiger partial charge on any atom is 0.289 e. The van der Waals surface area contributed by atoms with Gasteiger partial charge >= 0.3 is 0 Å². The number of thioether (sulfide) groups is 1. The fraction of sp³-hybridized carbons (Fsp3) is 0.417. The van der Waals surface area contributed by atoms with E-state index in [1.165, 1.54) is 18.0 Å². The number of aromatic nitrogens is 3. The molecule has 10 nitrogen and oxygen atoms in total. The number of benzene rings is 1. The van der Waals surface area contributed by atoms with Crippen LogP contribution in [0.5, 0.6) is 0 Å². The van der Waals surface area contributed by atoms with Crippen molar-refractivity contribution in [2.45, 2.75) is 12.1 Å². The van der Waals surface area contributed by atoms with Gasteiger partial charge in [-0.3, -0.25) is 14.2 Å². The van der Waals surface area contributed by atoms with Crippen LogP contribution in [0.2, 0.25) is 0 Å². The van der Waals surface area contributed by atoms with Gasteiger partial charge in [0, 0.05) is 39.3 Å². The Labute approximate surface area is 207 Å². The average molecular weight is 497 g/mol. The first kappa shape index (κ1) is 23.4. The van der Waals surface area contributed by atoms with E-state index in [0.717, 1.165) is 30.3 Å². The molecule has 2 aromatic heterocycles. The fourth-order valence-electron chi connectivity index (χ4n) is 4.25.